The second-order valence-electron chi connectivity index (χ2n) is 21.0. The molecule has 0 bridgehead atoms. The minimum absolute atomic E-state index is 0.0326. The van der Waals surface area contributed by atoms with Gasteiger partial charge in [-0.25, -0.2) is 9.97 Å². The molecule has 5 rings (SSSR count). The first kappa shape index (κ1) is 54.8. The summed E-state index contributed by atoms with van der Waals surface area (Å²) in [5.41, 5.74) is 3.45. The molecular formula is C58H90N4O6. The Balaban J connectivity index is 1.05. The number of hydrogen-bond donors (Lipinski definition) is 1. The second kappa shape index (κ2) is 30.4. The third kappa shape index (κ3) is 19.7. The molecule has 10 heteroatoms. The molecule has 2 fully saturated rings. The summed E-state index contributed by atoms with van der Waals surface area (Å²) in [5.74, 6) is 2.81. The van der Waals surface area contributed by atoms with E-state index in [-0.39, 0.29) is 23.2 Å². The van der Waals surface area contributed by atoms with E-state index in [1.807, 2.05) is 60.4 Å². The standard InChI is InChI=1S/C58H90N4O6/c1-46-27-26-28-54(60-46)62(45-58(2,3)36-24-22-20-18-16-14-12-10-8-6-7-9-11-13-15-17-19-21-23-25-40-63)57(65)51-32-31-50(66-4)42-53(51)61-38-34-47(35-39-61)44-68-55-41-49(33-37-59-55)52(48-29-30-48)43-56(64)67-5/h26-28,31-33,37,41-42,47-48,52,63H,6-25,29-30,34-36,38-40,43-45H2,1-5H3/t52-/m0/s1. The topological polar surface area (TPSA) is 114 Å². The highest BCUT2D eigenvalue weighted by Crippen LogP contribution is 2.45. The molecule has 1 atom stereocenters. The first-order valence-corrected chi connectivity index (χ1v) is 27.1. The van der Waals surface area contributed by atoms with Crippen LogP contribution in [0.2, 0.25) is 0 Å². The number of aryl methyl sites for hydroxylation is 1. The molecule has 1 N–H and O–H groups in total. The molecule has 1 aromatic carbocycles. The van der Waals surface area contributed by atoms with Crippen molar-refractivity contribution in [2.75, 3.05) is 56.9 Å². The van der Waals surface area contributed by atoms with Gasteiger partial charge in [-0.05, 0) is 105 Å². The number of aliphatic hydroxyl groups excluding tert-OH is 1. The van der Waals surface area contributed by atoms with Crippen LogP contribution in [0.5, 0.6) is 11.6 Å². The maximum Gasteiger partial charge on any atom is 0.306 e. The number of aromatic nitrogens is 2. The number of unbranched alkanes of at least 4 members (excludes halogenated alkanes) is 19. The number of pyridine rings is 2. The van der Waals surface area contributed by atoms with E-state index in [4.69, 9.17) is 24.3 Å². The molecule has 1 aliphatic carbocycles. The summed E-state index contributed by atoms with van der Waals surface area (Å²) in [6.45, 7) is 9.67. The molecule has 1 aliphatic heterocycles. The van der Waals surface area contributed by atoms with Gasteiger partial charge in [0, 0.05) is 50.3 Å². The molecule has 0 spiro atoms. The molecule has 2 aliphatic rings. The smallest absolute Gasteiger partial charge is 0.306 e. The molecule has 3 heterocycles. The van der Waals surface area contributed by atoms with Gasteiger partial charge in [-0.2, -0.15) is 0 Å². The lowest BCUT2D eigenvalue weighted by Crippen LogP contribution is -2.41. The van der Waals surface area contributed by atoms with E-state index in [1.165, 1.54) is 123 Å². The van der Waals surface area contributed by atoms with Crippen molar-refractivity contribution in [1.82, 2.24) is 9.97 Å². The third-order valence-electron chi connectivity index (χ3n) is 14.6. The van der Waals surface area contributed by atoms with Crippen LogP contribution in [0.25, 0.3) is 0 Å². The van der Waals surface area contributed by atoms with Gasteiger partial charge in [-0.15, -0.1) is 0 Å². The number of aliphatic hydroxyl groups is 1. The summed E-state index contributed by atoms with van der Waals surface area (Å²) in [6, 6.07) is 15.8. The van der Waals surface area contributed by atoms with Gasteiger partial charge in [0.15, 0.2) is 0 Å². The first-order chi connectivity index (χ1) is 33.1. The van der Waals surface area contributed by atoms with Crippen LogP contribution < -0.4 is 19.3 Å². The SMILES string of the molecule is COC(=O)C[C@H](c1ccnc(OCC2CCN(c3cc(OC)ccc3C(=O)N(CC(C)(C)CCCCCCCCCCCCCCCCCCCCCCO)c3cccc(C)n3)CC2)c1)C1CC1. The molecule has 68 heavy (non-hydrogen) atoms. The van der Waals surface area contributed by atoms with Crippen molar-refractivity contribution >= 4 is 23.4 Å². The Morgan fingerprint density at radius 3 is 1.90 bits per heavy atom. The number of benzene rings is 1. The molecule has 0 unspecified atom stereocenters. The van der Waals surface area contributed by atoms with E-state index in [2.05, 4.69) is 23.7 Å². The maximum atomic E-state index is 14.9. The Labute approximate surface area is 411 Å². The average Bonchev–Trinajstić information content (AvgIpc) is 4.20. The molecule has 1 saturated carbocycles. The number of anilines is 2. The van der Waals surface area contributed by atoms with Gasteiger partial charge in [0.1, 0.15) is 11.6 Å². The van der Waals surface area contributed by atoms with E-state index in [1.54, 1.807) is 13.3 Å². The number of methoxy groups -OCH3 is 2. The lowest BCUT2D eigenvalue weighted by Gasteiger charge is -2.36. The van der Waals surface area contributed by atoms with Crippen LogP contribution in [0.1, 0.15) is 208 Å². The number of carbonyl (C=O) groups excluding carboxylic acids is 2. The fourth-order valence-electron chi connectivity index (χ4n) is 10.2. The van der Waals surface area contributed by atoms with E-state index in [9.17, 15) is 9.59 Å². The fourth-order valence-corrected chi connectivity index (χ4v) is 10.2. The maximum absolute atomic E-state index is 14.9. The quantitative estimate of drug-likeness (QED) is 0.0455. The van der Waals surface area contributed by atoms with Crippen LogP contribution in [0, 0.1) is 24.2 Å². The van der Waals surface area contributed by atoms with Gasteiger partial charge in [-0.3, -0.25) is 14.5 Å². The van der Waals surface area contributed by atoms with E-state index >= 15 is 0 Å². The van der Waals surface area contributed by atoms with Crippen LogP contribution in [-0.2, 0) is 9.53 Å². The van der Waals surface area contributed by atoms with Crippen molar-refractivity contribution in [2.45, 2.75) is 194 Å². The molecule has 378 valence electrons. The van der Waals surface area contributed by atoms with Crippen molar-refractivity contribution in [3.05, 3.63) is 71.5 Å². The van der Waals surface area contributed by atoms with E-state index < -0.39 is 0 Å². The Hall–Kier alpha value is -4.18. The van der Waals surface area contributed by atoms with Crippen LogP contribution >= 0.6 is 0 Å². The van der Waals surface area contributed by atoms with Crippen molar-refractivity contribution in [2.24, 2.45) is 17.3 Å². The third-order valence-corrected chi connectivity index (χ3v) is 14.6. The lowest BCUT2D eigenvalue weighted by molar-refractivity contribution is -0.141. The van der Waals surface area contributed by atoms with Crippen LogP contribution in [-0.4, -0.2) is 74.0 Å². The predicted molar refractivity (Wildman–Crippen MR) is 278 cm³/mol. The molecular weight excluding hydrogens is 849 g/mol. The van der Waals surface area contributed by atoms with Crippen molar-refractivity contribution in [3.8, 4) is 11.6 Å². The normalized spacial score (nSPS) is 14.8. The molecule has 2 aromatic heterocycles. The summed E-state index contributed by atoms with van der Waals surface area (Å²) >= 11 is 0. The van der Waals surface area contributed by atoms with Gasteiger partial charge in [-0.1, -0.05) is 142 Å². The fraction of sp³-hybridized carbons (Fsp3) is 0.690. The van der Waals surface area contributed by atoms with Gasteiger partial charge in [0.25, 0.3) is 5.91 Å². The minimum atomic E-state index is -0.180. The highest BCUT2D eigenvalue weighted by atomic mass is 16.5. The number of esters is 1. The summed E-state index contributed by atoms with van der Waals surface area (Å²) in [6.07, 6.45) is 33.7. The number of piperidine rings is 1. The largest absolute Gasteiger partial charge is 0.497 e. The number of nitrogens with zero attached hydrogens (tertiary/aromatic N) is 4. The average molecular weight is 939 g/mol. The first-order valence-electron chi connectivity index (χ1n) is 27.1. The summed E-state index contributed by atoms with van der Waals surface area (Å²) in [7, 11) is 3.13. The lowest BCUT2D eigenvalue weighted by atomic mass is 9.85. The van der Waals surface area contributed by atoms with Crippen molar-refractivity contribution in [1.29, 1.82) is 0 Å². The van der Waals surface area contributed by atoms with E-state index in [0.29, 0.717) is 55.3 Å². The van der Waals surface area contributed by atoms with E-state index in [0.717, 1.165) is 80.7 Å². The van der Waals surface area contributed by atoms with Gasteiger partial charge >= 0.3 is 5.97 Å². The minimum Gasteiger partial charge on any atom is -0.497 e. The van der Waals surface area contributed by atoms with Crippen LogP contribution in [0.3, 0.4) is 0 Å². The number of amides is 1. The zero-order valence-electron chi connectivity index (χ0n) is 43.1. The van der Waals surface area contributed by atoms with Crippen molar-refractivity contribution < 1.29 is 28.9 Å². The molecule has 1 saturated heterocycles. The zero-order valence-corrected chi connectivity index (χ0v) is 43.1. The molecule has 1 amide bonds. The number of carbonyl (C=O) groups is 2. The highest BCUT2D eigenvalue weighted by molar-refractivity contribution is 6.09. The predicted octanol–water partition coefficient (Wildman–Crippen LogP) is 14.0. The van der Waals surface area contributed by atoms with Crippen LogP contribution in [0.4, 0.5) is 11.5 Å². The Morgan fingerprint density at radius 2 is 1.35 bits per heavy atom. The Morgan fingerprint density at radius 1 is 0.765 bits per heavy atom. The second-order valence-corrected chi connectivity index (χ2v) is 21.0. The zero-order chi connectivity index (χ0) is 48.4. The molecule has 10 nitrogen and oxygen atoms in total. The number of ether oxygens (including phenoxy) is 3. The summed E-state index contributed by atoms with van der Waals surface area (Å²) < 4.78 is 17.0. The van der Waals surface area contributed by atoms with Gasteiger partial charge in [0.05, 0.1) is 38.5 Å². The highest BCUT2D eigenvalue weighted by Gasteiger charge is 2.35. The van der Waals surface area contributed by atoms with Gasteiger partial charge in [0.2, 0.25) is 5.88 Å². The molecule has 3 aromatic rings. The monoisotopic (exact) mass is 939 g/mol. The molecule has 0 radical (unpaired) electrons. The Kier molecular flexibility index (Phi) is 24.5. The van der Waals surface area contributed by atoms with Gasteiger partial charge < -0.3 is 24.2 Å². The number of rotatable bonds is 35. The van der Waals surface area contributed by atoms with Crippen molar-refractivity contribution in [3.63, 3.8) is 0 Å². The number of hydrogen-bond acceptors (Lipinski definition) is 9. The Bertz CT molecular complexity index is 1890. The van der Waals surface area contributed by atoms with Crippen LogP contribution in [0.15, 0.2) is 54.7 Å². The summed E-state index contributed by atoms with van der Waals surface area (Å²) in [4.78, 5) is 40.8. The summed E-state index contributed by atoms with van der Waals surface area (Å²) in [5, 5.41) is 8.89.